The highest BCUT2D eigenvalue weighted by Crippen LogP contribution is 2.25. The number of ether oxygens (including phenoxy) is 1. The lowest BCUT2D eigenvalue weighted by atomic mass is 10.0. The van der Waals surface area contributed by atoms with Gasteiger partial charge in [-0.25, -0.2) is 9.37 Å². The number of nitrogens with zero attached hydrogens (tertiary/aromatic N) is 1. The summed E-state index contributed by atoms with van der Waals surface area (Å²) in [6.07, 6.45) is 0.653. The molecular formula is C17H13ClFNO. The summed E-state index contributed by atoms with van der Waals surface area (Å²) in [5, 5.41) is 1.46. The number of methoxy groups -OCH3 is 1. The molecule has 0 fully saturated rings. The van der Waals surface area contributed by atoms with Gasteiger partial charge in [0.1, 0.15) is 5.82 Å². The summed E-state index contributed by atoms with van der Waals surface area (Å²) in [6, 6.07) is 14.0. The lowest BCUT2D eigenvalue weighted by Gasteiger charge is -2.10. The van der Waals surface area contributed by atoms with Crippen molar-refractivity contribution in [3.8, 4) is 5.88 Å². The summed E-state index contributed by atoms with van der Waals surface area (Å²) in [5.41, 5.74) is 2.72. The first-order valence-corrected chi connectivity index (χ1v) is 6.91. The van der Waals surface area contributed by atoms with E-state index in [1.165, 1.54) is 12.1 Å². The third kappa shape index (κ3) is 2.98. The summed E-state index contributed by atoms with van der Waals surface area (Å²) in [7, 11) is 1.59. The highest BCUT2D eigenvalue weighted by atomic mass is 35.5. The van der Waals surface area contributed by atoms with E-state index in [9.17, 15) is 4.39 Å². The zero-order chi connectivity index (χ0) is 14.8. The van der Waals surface area contributed by atoms with Gasteiger partial charge in [0.25, 0.3) is 0 Å². The standard InChI is InChI=1S/C17H13ClFNO/c1-21-17-13(8-11-2-4-14(18)5-3-11)9-12-10-15(19)6-7-16(12)20-17/h2-7,9-10H,8H2,1H3. The second-order valence-electron chi connectivity index (χ2n) is 4.80. The summed E-state index contributed by atoms with van der Waals surface area (Å²) in [6.45, 7) is 0. The van der Waals surface area contributed by atoms with E-state index in [0.717, 1.165) is 16.5 Å². The summed E-state index contributed by atoms with van der Waals surface area (Å²) < 4.78 is 18.7. The van der Waals surface area contributed by atoms with Crippen LogP contribution in [0.15, 0.2) is 48.5 Å². The Bertz CT molecular complexity index is 787. The Morgan fingerprint density at radius 2 is 1.86 bits per heavy atom. The number of pyridine rings is 1. The van der Waals surface area contributed by atoms with Crippen LogP contribution in [0, 0.1) is 5.82 Å². The van der Waals surface area contributed by atoms with E-state index >= 15 is 0 Å². The highest BCUT2D eigenvalue weighted by Gasteiger charge is 2.09. The second kappa shape index (κ2) is 5.70. The number of hydrogen-bond donors (Lipinski definition) is 0. The minimum absolute atomic E-state index is 0.271. The predicted molar refractivity (Wildman–Crippen MR) is 82.5 cm³/mol. The first-order valence-electron chi connectivity index (χ1n) is 6.53. The van der Waals surface area contributed by atoms with Gasteiger partial charge in [0.15, 0.2) is 0 Å². The topological polar surface area (TPSA) is 22.1 Å². The van der Waals surface area contributed by atoms with Gasteiger partial charge < -0.3 is 4.74 Å². The SMILES string of the molecule is COc1nc2ccc(F)cc2cc1Cc1ccc(Cl)cc1. The van der Waals surface area contributed by atoms with E-state index in [0.29, 0.717) is 22.8 Å². The molecular weight excluding hydrogens is 289 g/mol. The summed E-state index contributed by atoms with van der Waals surface area (Å²) >= 11 is 5.89. The number of halogens is 2. The summed E-state index contributed by atoms with van der Waals surface area (Å²) in [5.74, 6) is 0.288. The fraction of sp³-hybridized carbons (Fsp3) is 0.118. The Morgan fingerprint density at radius 1 is 1.10 bits per heavy atom. The van der Waals surface area contributed by atoms with Crippen LogP contribution < -0.4 is 4.74 Å². The van der Waals surface area contributed by atoms with Gasteiger partial charge in [0.2, 0.25) is 5.88 Å². The minimum atomic E-state index is -0.271. The molecule has 0 aliphatic rings. The second-order valence-corrected chi connectivity index (χ2v) is 5.23. The predicted octanol–water partition coefficient (Wildman–Crippen LogP) is 4.63. The lowest BCUT2D eigenvalue weighted by molar-refractivity contribution is 0.395. The molecule has 2 nitrogen and oxygen atoms in total. The van der Waals surface area contributed by atoms with Gasteiger partial charge in [-0.3, -0.25) is 0 Å². The Balaban J connectivity index is 2.05. The van der Waals surface area contributed by atoms with Crippen molar-refractivity contribution in [3.05, 3.63) is 70.5 Å². The number of rotatable bonds is 3. The number of hydrogen-bond acceptors (Lipinski definition) is 2. The van der Waals surface area contributed by atoms with Crippen LogP contribution in [-0.2, 0) is 6.42 Å². The highest BCUT2D eigenvalue weighted by molar-refractivity contribution is 6.30. The van der Waals surface area contributed by atoms with Crippen LogP contribution in [0.3, 0.4) is 0 Å². The van der Waals surface area contributed by atoms with E-state index in [1.807, 2.05) is 30.3 Å². The van der Waals surface area contributed by atoms with Crippen LogP contribution in [0.5, 0.6) is 5.88 Å². The Kier molecular flexibility index (Phi) is 3.76. The average molecular weight is 302 g/mol. The van der Waals surface area contributed by atoms with Crippen molar-refractivity contribution in [2.45, 2.75) is 6.42 Å². The van der Waals surface area contributed by atoms with Crippen molar-refractivity contribution >= 4 is 22.5 Å². The van der Waals surface area contributed by atoms with Crippen molar-refractivity contribution in [2.75, 3.05) is 7.11 Å². The van der Waals surface area contributed by atoms with Crippen LogP contribution in [0.25, 0.3) is 10.9 Å². The fourth-order valence-corrected chi connectivity index (χ4v) is 2.42. The van der Waals surface area contributed by atoms with E-state index in [-0.39, 0.29) is 5.82 Å². The Labute approximate surface area is 127 Å². The molecule has 0 aliphatic heterocycles. The van der Waals surface area contributed by atoms with E-state index in [4.69, 9.17) is 16.3 Å². The molecule has 106 valence electrons. The molecule has 21 heavy (non-hydrogen) atoms. The molecule has 2 aromatic carbocycles. The molecule has 1 aromatic heterocycles. The molecule has 0 amide bonds. The monoisotopic (exact) mass is 301 g/mol. The third-order valence-electron chi connectivity index (χ3n) is 3.32. The molecule has 0 saturated carbocycles. The zero-order valence-electron chi connectivity index (χ0n) is 11.4. The van der Waals surface area contributed by atoms with Gasteiger partial charge in [-0.2, -0.15) is 0 Å². The van der Waals surface area contributed by atoms with Crippen molar-refractivity contribution in [1.29, 1.82) is 0 Å². The molecule has 3 rings (SSSR count). The molecule has 3 aromatic rings. The van der Waals surface area contributed by atoms with Gasteiger partial charge in [-0.1, -0.05) is 23.7 Å². The van der Waals surface area contributed by atoms with Crippen molar-refractivity contribution in [1.82, 2.24) is 4.98 Å². The molecule has 4 heteroatoms. The minimum Gasteiger partial charge on any atom is -0.481 e. The summed E-state index contributed by atoms with van der Waals surface area (Å²) in [4.78, 5) is 4.43. The number of benzene rings is 2. The molecule has 0 atom stereocenters. The molecule has 0 saturated heterocycles. The molecule has 0 spiro atoms. The fourth-order valence-electron chi connectivity index (χ4n) is 2.30. The van der Waals surface area contributed by atoms with Crippen molar-refractivity contribution in [3.63, 3.8) is 0 Å². The molecule has 0 N–H and O–H groups in total. The van der Waals surface area contributed by atoms with E-state index in [1.54, 1.807) is 13.2 Å². The van der Waals surface area contributed by atoms with Crippen molar-refractivity contribution in [2.24, 2.45) is 0 Å². The largest absolute Gasteiger partial charge is 0.481 e. The first kappa shape index (κ1) is 13.8. The molecule has 0 aliphatic carbocycles. The average Bonchev–Trinajstić information content (AvgIpc) is 2.49. The zero-order valence-corrected chi connectivity index (χ0v) is 12.2. The quantitative estimate of drug-likeness (QED) is 0.704. The molecule has 0 radical (unpaired) electrons. The third-order valence-corrected chi connectivity index (χ3v) is 3.57. The van der Waals surface area contributed by atoms with Gasteiger partial charge in [0.05, 0.1) is 12.6 Å². The maximum Gasteiger partial charge on any atom is 0.217 e. The van der Waals surface area contributed by atoms with Crippen LogP contribution in [0.4, 0.5) is 4.39 Å². The Morgan fingerprint density at radius 3 is 2.57 bits per heavy atom. The molecule has 0 bridgehead atoms. The van der Waals surface area contributed by atoms with Crippen LogP contribution in [0.1, 0.15) is 11.1 Å². The number of fused-ring (bicyclic) bond motifs is 1. The van der Waals surface area contributed by atoms with Crippen molar-refractivity contribution < 1.29 is 9.13 Å². The lowest BCUT2D eigenvalue weighted by Crippen LogP contribution is -1.97. The van der Waals surface area contributed by atoms with Gasteiger partial charge >= 0.3 is 0 Å². The Hall–Kier alpha value is -2.13. The van der Waals surface area contributed by atoms with Crippen LogP contribution in [-0.4, -0.2) is 12.1 Å². The van der Waals surface area contributed by atoms with E-state index in [2.05, 4.69) is 4.98 Å². The number of aromatic nitrogens is 1. The molecule has 1 heterocycles. The van der Waals surface area contributed by atoms with E-state index < -0.39 is 0 Å². The van der Waals surface area contributed by atoms with Gasteiger partial charge in [0, 0.05) is 22.4 Å². The maximum absolute atomic E-state index is 13.3. The normalized spacial score (nSPS) is 10.8. The molecule has 0 unspecified atom stereocenters. The van der Waals surface area contributed by atoms with Gasteiger partial charge in [-0.05, 0) is 42.0 Å². The first-order chi connectivity index (χ1) is 10.2. The smallest absolute Gasteiger partial charge is 0.217 e. The van der Waals surface area contributed by atoms with Gasteiger partial charge in [-0.15, -0.1) is 0 Å². The maximum atomic E-state index is 13.3. The van der Waals surface area contributed by atoms with Crippen LogP contribution >= 0.6 is 11.6 Å². The van der Waals surface area contributed by atoms with Crippen LogP contribution in [0.2, 0.25) is 5.02 Å².